The summed E-state index contributed by atoms with van der Waals surface area (Å²) in [6, 6.07) is 16.5. The van der Waals surface area contributed by atoms with Crippen LogP contribution in [-0.2, 0) is 11.3 Å². The maximum absolute atomic E-state index is 12.9. The molecule has 1 N–H and O–H groups in total. The molecular formula is C24H23N5OS. The lowest BCUT2D eigenvalue weighted by Gasteiger charge is -2.13. The molecule has 0 saturated carbocycles. The number of aryl methyl sites for hydroxylation is 3. The number of rotatable bonds is 5. The Kier molecular flexibility index (Phi) is 5.66. The lowest BCUT2D eigenvalue weighted by molar-refractivity contribution is -0.115. The second-order valence-electron chi connectivity index (χ2n) is 7.39. The third-order valence-electron chi connectivity index (χ3n) is 5.29. The molecule has 156 valence electrons. The summed E-state index contributed by atoms with van der Waals surface area (Å²) in [5.74, 6) is 0.450. The first-order valence-electron chi connectivity index (χ1n) is 10.2. The van der Waals surface area contributed by atoms with Crippen LogP contribution < -0.4 is 5.32 Å². The summed E-state index contributed by atoms with van der Waals surface area (Å²) in [5.41, 5.74) is 4.13. The van der Waals surface area contributed by atoms with Crippen LogP contribution in [0.4, 0.5) is 5.69 Å². The highest BCUT2D eigenvalue weighted by atomic mass is 32.2. The Hall–Kier alpha value is -3.37. The van der Waals surface area contributed by atoms with Gasteiger partial charge in [-0.15, -0.1) is 0 Å². The van der Waals surface area contributed by atoms with Crippen LogP contribution in [0.25, 0.3) is 21.8 Å². The summed E-state index contributed by atoms with van der Waals surface area (Å²) in [7, 11) is 0. The first-order valence-corrected chi connectivity index (χ1v) is 11.0. The van der Waals surface area contributed by atoms with Crippen LogP contribution in [0.15, 0.2) is 47.5 Å². The fourth-order valence-corrected chi connectivity index (χ4v) is 4.83. The van der Waals surface area contributed by atoms with E-state index in [1.54, 1.807) is 13.8 Å². The molecule has 0 saturated heterocycles. The predicted molar refractivity (Wildman–Crippen MR) is 125 cm³/mol. The van der Waals surface area contributed by atoms with E-state index in [2.05, 4.69) is 51.0 Å². The van der Waals surface area contributed by atoms with Gasteiger partial charge in [-0.1, -0.05) is 30.0 Å². The van der Waals surface area contributed by atoms with E-state index in [1.807, 2.05) is 31.2 Å². The van der Waals surface area contributed by atoms with Crippen LogP contribution in [-0.4, -0.2) is 25.7 Å². The minimum atomic E-state index is -0.423. The molecule has 7 heteroatoms. The molecule has 0 aliphatic heterocycles. The van der Waals surface area contributed by atoms with Gasteiger partial charge >= 0.3 is 0 Å². The molecule has 31 heavy (non-hydrogen) atoms. The zero-order chi connectivity index (χ0) is 22.1. The van der Waals surface area contributed by atoms with Crippen LogP contribution >= 0.6 is 11.8 Å². The van der Waals surface area contributed by atoms with Gasteiger partial charge in [0.05, 0.1) is 10.9 Å². The number of amides is 1. The smallest absolute Gasteiger partial charge is 0.237 e. The Morgan fingerprint density at radius 2 is 1.90 bits per heavy atom. The van der Waals surface area contributed by atoms with Crippen LogP contribution in [0.3, 0.4) is 0 Å². The van der Waals surface area contributed by atoms with Crippen molar-refractivity contribution in [1.82, 2.24) is 14.5 Å². The lowest BCUT2D eigenvalue weighted by Crippen LogP contribution is -2.22. The third-order valence-corrected chi connectivity index (χ3v) is 6.38. The average molecular weight is 430 g/mol. The van der Waals surface area contributed by atoms with Crippen molar-refractivity contribution in [2.24, 2.45) is 0 Å². The van der Waals surface area contributed by atoms with Gasteiger partial charge in [0, 0.05) is 34.0 Å². The van der Waals surface area contributed by atoms with Crippen molar-refractivity contribution in [3.05, 3.63) is 59.5 Å². The molecular weight excluding hydrogens is 406 g/mol. The van der Waals surface area contributed by atoms with E-state index in [9.17, 15) is 10.1 Å². The number of nitrogens with zero attached hydrogens (tertiary/aromatic N) is 4. The van der Waals surface area contributed by atoms with E-state index in [4.69, 9.17) is 0 Å². The summed E-state index contributed by atoms with van der Waals surface area (Å²) in [5, 5.41) is 14.9. The second kappa shape index (κ2) is 8.40. The Morgan fingerprint density at radius 3 is 2.65 bits per heavy atom. The number of aromatic nitrogens is 3. The van der Waals surface area contributed by atoms with Gasteiger partial charge in [-0.3, -0.25) is 4.79 Å². The van der Waals surface area contributed by atoms with Gasteiger partial charge in [-0.2, -0.15) is 5.26 Å². The quantitative estimate of drug-likeness (QED) is 0.348. The fourth-order valence-electron chi connectivity index (χ4n) is 3.83. The highest BCUT2D eigenvalue weighted by molar-refractivity contribution is 8.00. The van der Waals surface area contributed by atoms with Gasteiger partial charge in [0.2, 0.25) is 5.91 Å². The highest BCUT2D eigenvalue weighted by Gasteiger charge is 2.20. The van der Waals surface area contributed by atoms with Crippen LogP contribution in [0.2, 0.25) is 0 Å². The molecule has 0 bridgehead atoms. The number of hydrogen-bond donors (Lipinski definition) is 1. The Morgan fingerprint density at radius 1 is 1.16 bits per heavy atom. The fraction of sp³-hybridized carbons (Fsp3) is 0.250. The van der Waals surface area contributed by atoms with Gasteiger partial charge in [0.25, 0.3) is 0 Å². The molecule has 6 nitrogen and oxygen atoms in total. The summed E-state index contributed by atoms with van der Waals surface area (Å²) < 4.78 is 2.28. The molecule has 0 aliphatic rings. The van der Waals surface area contributed by atoms with Crippen molar-refractivity contribution in [2.45, 2.75) is 44.5 Å². The van der Waals surface area contributed by atoms with Crippen molar-refractivity contribution in [3.63, 3.8) is 0 Å². The number of carbonyl (C=O) groups excluding carboxylic acids is 1. The van der Waals surface area contributed by atoms with Gasteiger partial charge in [-0.25, -0.2) is 9.97 Å². The van der Waals surface area contributed by atoms with Crippen molar-refractivity contribution < 1.29 is 4.79 Å². The number of anilines is 1. The zero-order valence-corrected chi connectivity index (χ0v) is 18.7. The van der Waals surface area contributed by atoms with Crippen molar-refractivity contribution in [2.75, 3.05) is 5.32 Å². The molecule has 1 amide bonds. The average Bonchev–Trinajstić information content (AvgIpc) is 3.06. The van der Waals surface area contributed by atoms with E-state index >= 15 is 0 Å². The Labute approximate surface area is 185 Å². The number of benzene rings is 2. The summed E-state index contributed by atoms with van der Waals surface area (Å²) in [6.07, 6.45) is 0. The van der Waals surface area contributed by atoms with Crippen molar-refractivity contribution in [1.29, 1.82) is 5.26 Å². The minimum absolute atomic E-state index is 0.138. The summed E-state index contributed by atoms with van der Waals surface area (Å²) in [4.78, 5) is 21.5. The monoisotopic (exact) mass is 429 g/mol. The molecule has 1 unspecified atom stereocenters. The van der Waals surface area contributed by atoms with E-state index in [0.29, 0.717) is 22.1 Å². The second-order valence-corrected chi connectivity index (χ2v) is 8.72. The minimum Gasteiger partial charge on any atom is -0.341 e. The van der Waals surface area contributed by atoms with Crippen molar-refractivity contribution in [3.8, 4) is 6.07 Å². The van der Waals surface area contributed by atoms with E-state index in [-0.39, 0.29) is 5.91 Å². The number of hydrogen-bond acceptors (Lipinski definition) is 5. The van der Waals surface area contributed by atoms with Crippen LogP contribution in [0, 0.1) is 25.2 Å². The summed E-state index contributed by atoms with van der Waals surface area (Å²) >= 11 is 1.27. The SMILES string of the molecule is CCn1c2ccccc2c2cc(NC(=O)C(C)Sc3nc(C)nc(C)c3C#N)ccc21. The standard InChI is InChI=1S/C24H23N5OS/c1-5-29-21-9-7-6-8-18(21)19-12-17(10-11-22(19)29)28-23(30)15(3)31-24-20(13-25)14(2)26-16(4)27-24/h6-12,15H,5H2,1-4H3,(H,28,30). The number of carbonyl (C=O) groups is 1. The first kappa shape index (κ1) is 20.9. The van der Waals surface area contributed by atoms with Gasteiger partial charge in [0.1, 0.15) is 22.5 Å². The molecule has 2 aromatic carbocycles. The molecule has 4 aromatic rings. The molecule has 2 aromatic heterocycles. The van der Waals surface area contributed by atoms with Crippen molar-refractivity contribution >= 4 is 45.2 Å². The molecule has 0 radical (unpaired) electrons. The number of fused-ring (bicyclic) bond motifs is 3. The number of nitriles is 1. The molecule has 1 atom stereocenters. The van der Waals surface area contributed by atoms with E-state index < -0.39 is 5.25 Å². The molecule has 4 rings (SSSR count). The number of nitrogens with one attached hydrogen (secondary N) is 1. The van der Waals surface area contributed by atoms with E-state index in [1.165, 1.54) is 22.7 Å². The maximum atomic E-state index is 12.9. The number of para-hydroxylation sites is 1. The van der Waals surface area contributed by atoms with Crippen LogP contribution in [0.1, 0.15) is 30.9 Å². The maximum Gasteiger partial charge on any atom is 0.237 e. The topological polar surface area (TPSA) is 83.6 Å². The van der Waals surface area contributed by atoms with Gasteiger partial charge in [0.15, 0.2) is 0 Å². The Bertz CT molecular complexity index is 1350. The third kappa shape index (κ3) is 3.87. The largest absolute Gasteiger partial charge is 0.341 e. The van der Waals surface area contributed by atoms with Crippen LogP contribution in [0.5, 0.6) is 0 Å². The predicted octanol–water partition coefficient (Wildman–Crippen LogP) is 5.21. The summed E-state index contributed by atoms with van der Waals surface area (Å²) in [6.45, 7) is 8.39. The molecule has 0 fully saturated rings. The Balaban J connectivity index is 1.60. The highest BCUT2D eigenvalue weighted by Crippen LogP contribution is 2.32. The molecule has 2 heterocycles. The molecule has 0 spiro atoms. The number of thioether (sulfide) groups is 1. The zero-order valence-electron chi connectivity index (χ0n) is 17.9. The lowest BCUT2D eigenvalue weighted by atomic mass is 10.1. The van der Waals surface area contributed by atoms with E-state index in [0.717, 1.165) is 23.1 Å². The molecule has 0 aliphatic carbocycles. The normalized spacial score (nSPS) is 12.1. The first-order chi connectivity index (χ1) is 14.9. The van der Waals surface area contributed by atoms with Gasteiger partial charge < -0.3 is 9.88 Å². The van der Waals surface area contributed by atoms with Gasteiger partial charge in [-0.05, 0) is 52.0 Å².